The Bertz CT molecular complexity index is 258. The SMILES string of the molecule is Cc1c(Br)cc(CCBr)cc1Br. The number of hydrogen-bond acceptors (Lipinski definition) is 0. The number of alkyl halides is 1. The van der Waals surface area contributed by atoms with Gasteiger partial charge >= 0.3 is 0 Å². The quantitative estimate of drug-likeness (QED) is 0.686. The minimum atomic E-state index is 1.01. The van der Waals surface area contributed by atoms with Crippen LogP contribution in [0.15, 0.2) is 21.1 Å². The maximum atomic E-state index is 3.52. The van der Waals surface area contributed by atoms with Gasteiger partial charge in [-0.15, -0.1) is 0 Å². The molecule has 0 saturated carbocycles. The number of aryl methyl sites for hydroxylation is 1. The Hall–Kier alpha value is 0.660. The zero-order valence-electron chi connectivity index (χ0n) is 6.70. The van der Waals surface area contributed by atoms with Gasteiger partial charge in [0.15, 0.2) is 0 Å². The first-order valence-electron chi connectivity index (χ1n) is 3.65. The third-order valence-electron chi connectivity index (χ3n) is 1.72. The van der Waals surface area contributed by atoms with E-state index in [1.54, 1.807) is 0 Å². The monoisotopic (exact) mass is 354 g/mol. The summed E-state index contributed by atoms with van der Waals surface area (Å²) in [6.07, 6.45) is 1.07. The Morgan fingerprint density at radius 3 is 2.08 bits per heavy atom. The maximum Gasteiger partial charge on any atom is 0.0218 e. The molecule has 0 aliphatic rings. The first kappa shape index (κ1) is 10.7. The van der Waals surface area contributed by atoms with Gasteiger partial charge in [-0.05, 0) is 36.6 Å². The summed E-state index contributed by atoms with van der Waals surface area (Å²) < 4.78 is 2.35. The smallest absolute Gasteiger partial charge is 0.0218 e. The third-order valence-corrected chi connectivity index (χ3v) is 3.77. The van der Waals surface area contributed by atoms with E-state index in [-0.39, 0.29) is 0 Å². The van der Waals surface area contributed by atoms with Crippen LogP contribution in [0.1, 0.15) is 11.1 Å². The van der Waals surface area contributed by atoms with Crippen molar-refractivity contribution in [3.8, 4) is 0 Å². The van der Waals surface area contributed by atoms with Crippen LogP contribution in [0.2, 0.25) is 0 Å². The molecule has 0 aromatic heterocycles. The first-order chi connectivity index (χ1) is 5.65. The van der Waals surface area contributed by atoms with Crippen LogP contribution in [0.3, 0.4) is 0 Å². The van der Waals surface area contributed by atoms with Gasteiger partial charge < -0.3 is 0 Å². The predicted octanol–water partition coefficient (Wildman–Crippen LogP) is 4.46. The van der Waals surface area contributed by atoms with E-state index in [2.05, 4.69) is 66.8 Å². The van der Waals surface area contributed by atoms with Crippen molar-refractivity contribution in [3.63, 3.8) is 0 Å². The van der Waals surface area contributed by atoms with Gasteiger partial charge in [0, 0.05) is 14.3 Å². The molecule has 1 rings (SSSR count). The molecular weight excluding hydrogens is 348 g/mol. The second kappa shape index (κ2) is 4.77. The van der Waals surface area contributed by atoms with Gasteiger partial charge in [0.25, 0.3) is 0 Å². The van der Waals surface area contributed by atoms with Crippen molar-refractivity contribution in [2.75, 3.05) is 5.33 Å². The Labute approximate surface area is 98.1 Å². The summed E-state index contributed by atoms with van der Waals surface area (Å²) in [7, 11) is 0. The van der Waals surface area contributed by atoms with Crippen LogP contribution in [0.5, 0.6) is 0 Å². The molecule has 0 N–H and O–H groups in total. The van der Waals surface area contributed by atoms with Gasteiger partial charge in [-0.3, -0.25) is 0 Å². The van der Waals surface area contributed by atoms with Gasteiger partial charge in [-0.25, -0.2) is 0 Å². The van der Waals surface area contributed by atoms with Crippen LogP contribution in [-0.2, 0) is 6.42 Å². The summed E-state index contributed by atoms with van der Waals surface area (Å²) in [6.45, 7) is 2.09. The summed E-state index contributed by atoms with van der Waals surface area (Å²) in [5.74, 6) is 0. The van der Waals surface area contributed by atoms with Crippen LogP contribution in [0.25, 0.3) is 0 Å². The van der Waals surface area contributed by atoms with Gasteiger partial charge in [0.2, 0.25) is 0 Å². The average molecular weight is 357 g/mol. The summed E-state index contributed by atoms with van der Waals surface area (Å²) in [4.78, 5) is 0. The molecule has 0 fully saturated rings. The van der Waals surface area contributed by atoms with Gasteiger partial charge in [-0.1, -0.05) is 47.8 Å². The Morgan fingerprint density at radius 2 is 1.67 bits per heavy atom. The molecule has 0 unspecified atom stereocenters. The van der Waals surface area contributed by atoms with E-state index in [1.165, 1.54) is 20.1 Å². The molecule has 1 aromatic rings. The lowest BCUT2D eigenvalue weighted by molar-refractivity contribution is 1.15. The van der Waals surface area contributed by atoms with E-state index in [0.29, 0.717) is 0 Å². The molecule has 0 heterocycles. The molecule has 66 valence electrons. The Balaban J connectivity index is 3.04. The van der Waals surface area contributed by atoms with Gasteiger partial charge in [0.1, 0.15) is 0 Å². The van der Waals surface area contributed by atoms with Crippen molar-refractivity contribution in [3.05, 3.63) is 32.2 Å². The zero-order chi connectivity index (χ0) is 9.14. The standard InChI is InChI=1S/C9H9Br3/c1-6-8(11)4-7(2-3-10)5-9(6)12/h4-5H,2-3H2,1H3. The van der Waals surface area contributed by atoms with E-state index in [0.717, 1.165) is 11.8 Å². The third kappa shape index (κ3) is 2.57. The van der Waals surface area contributed by atoms with Crippen molar-refractivity contribution in [2.24, 2.45) is 0 Å². The molecule has 0 saturated heterocycles. The highest BCUT2D eigenvalue weighted by molar-refractivity contribution is 9.11. The molecule has 0 spiro atoms. The highest BCUT2D eigenvalue weighted by Gasteiger charge is 2.02. The number of benzene rings is 1. The largest absolute Gasteiger partial charge is 0.0924 e. The zero-order valence-corrected chi connectivity index (χ0v) is 11.5. The number of halogens is 3. The first-order valence-corrected chi connectivity index (χ1v) is 6.36. The van der Waals surface area contributed by atoms with Gasteiger partial charge in [0.05, 0.1) is 0 Å². The second-order valence-corrected chi connectivity index (χ2v) is 5.13. The molecule has 1 aromatic carbocycles. The fourth-order valence-corrected chi connectivity index (χ4v) is 2.69. The summed E-state index contributed by atoms with van der Waals surface area (Å²) in [5, 5.41) is 1.01. The predicted molar refractivity (Wildman–Crippen MR) is 64.1 cm³/mol. The molecule has 3 heteroatoms. The second-order valence-electron chi connectivity index (χ2n) is 2.62. The molecule has 0 aliphatic carbocycles. The minimum Gasteiger partial charge on any atom is -0.0924 e. The fraction of sp³-hybridized carbons (Fsp3) is 0.333. The van der Waals surface area contributed by atoms with Crippen LogP contribution in [0.4, 0.5) is 0 Å². The molecule has 12 heavy (non-hydrogen) atoms. The maximum absolute atomic E-state index is 3.52. The molecular formula is C9H9Br3. The fourth-order valence-electron chi connectivity index (χ4n) is 0.951. The van der Waals surface area contributed by atoms with E-state index in [1.807, 2.05) is 0 Å². The van der Waals surface area contributed by atoms with Crippen molar-refractivity contribution in [1.82, 2.24) is 0 Å². The topological polar surface area (TPSA) is 0 Å². The van der Waals surface area contributed by atoms with Crippen molar-refractivity contribution in [1.29, 1.82) is 0 Å². The lowest BCUT2D eigenvalue weighted by Crippen LogP contribution is -1.88. The summed E-state index contributed by atoms with van der Waals surface area (Å²) >= 11 is 10.5. The van der Waals surface area contributed by atoms with E-state index in [9.17, 15) is 0 Å². The summed E-state index contributed by atoms with van der Waals surface area (Å²) in [6, 6.07) is 4.34. The van der Waals surface area contributed by atoms with Crippen LogP contribution < -0.4 is 0 Å². The molecule has 0 radical (unpaired) electrons. The van der Waals surface area contributed by atoms with Crippen LogP contribution in [0, 0.1) is 6.92 Å². The normalized spacial score (nSPS) is 10.3. The van der Waals surface area contributed by atoms with Crippen molar-refractivity contribution in [2.45, 2.75) is 13.3 Å². The van der Waals surface area contributed by atoms with E-state index >= 15 is 0 Å². The number of rotatable bonds is 2. The van der Waals surface area contributed by atoms with E-state index < -0.39 is 0 Å². The summed E-state index contributed by atoms with van der Waals surface area (Å²) in [5.41, 5.74) is 2.60. The molecule has 0 nitrogen and oxygen atoms in total. The van der Waals surface area contributed by atoms with Crippen molar-refractivity contribution >= 4 is 47.8 Å². The van der Waals surface area contributed by atoms with Gasteiger partial charge in [-0.2, -0.15) is 0 Å². The molecule has 0 aliphatic heterocycles. The van der Waals surface area contributed by atoms with Crippen molar-refractivity contribution < 1.29 is 0 Å². The lowest BCUT2D eigenvalue weighted by Gasteiger charge is -2.05. The molecule has 0 amide bonds. The highest BCUT2D eigenvalue weighted by Crippen LogP contribution is 2.26. The lowest BCUT2D eigenvalue weighted by atomic mass is 10.1. The molecule has 0 bridgehead atoms. The minimum absolute atomic E-state index is 1.01. The molecule has 0 atom stereocenters. The number of hydrogen-bond donors (Lipinski definition) is 0. The van der Waals surface area contributed by atoms with E-state index in [4.69, 9.17) is 0 Å². The Kier molecular flexibility index (Phi) is 4.27. The average Bonchev–Trinajstić information content (AvgIpc) is 2.01. The Morgan fingerprint density at radius 1 is 1.17 bits per heavy atom. The van der Waals surface area contributed by atoms with Crippen LogP contribution in [-0.4, -0.2) is 5.33 Å². The van der Waals surface area contributed by atoms with Crippen LogP contribution >= 0.6 is 47.8 Å². The highest BCUT2D eigenvalue weighted by atomic mass is 79.9.